The number of rotatable bonds is 2. The highest BCUT2D eigenvalue weighted by Crippen LogP contribution is 2.15. The Bertz CT molecular complexity index is 439. The number of nitrogens with two attached hydrogens (primary N) is 1. The van der Waals surface area contributed by atoms with Crippen LogP contribution in [-0.4, -0.2) is 32.3 Å². The number of ether oxygens (including phenoxy) is 1. The van der Waals surface area contributed by atoms with Gasteiger partial charge in [-0.15, -0.1) is 5.10 Å². The van der Waals surface area contributed by atoms with Crippen LogP contribution >= 0.6 is 0 Å². The van der Waals surface area contributed by atoms with Crippen LogP contribution in [0.4, 0.5) is 5.95 Å². The van der Waals surface area contributed by atoms with Gasteiger partial charge in [0.25, 0.3) is 0 Å². The highest BCUT2D eigenvalue weighted by Gasteiger charge is 2.05. The van der Waals surface area contributed by atoms with Gasteiger partial charge in [-0.3, -0.25) is 5.10 Å². The van der Waals surface area contributed by atoms with E-state index in [1.54, 1.807) is 6.07 Å². The van der Waals surface area contributed by atoms with Crippen molar-refractivity contribution in [2.45, 2.75) is 0 Å². The molecule has 0 spiro atoms. The summed E-state index contributed by atoms with van der Waals surface area (Å²) in [7, 11) is 1.53. The van der Waals surface area contributed by atoms with E-state index >= 15 is 0 Å². The molecule has 2 rings (SSSR count). The molecule has 0 fully saturated rings. The highest BCUT2D eigenvalue weighted by atomic mass is 16.5. The standard InChI is InChI=1S/C7H8N6O/c1-14-5-2-4(9-3-10-5)6-11-7(8)13-12-6/h2-3H,1H3,(H3,8,11,12,13). The maximum absolute atomic E-state index is 5.36. The molecule has 14 heavy (non-hydrogen) atoms. The largest absolute Gasteiger partial charge is 0.481 e. The number of aromatic amines is 1. The Kier molecular flexibility index (Phi) is 1.98. The van der Waals surface area contributed by atoms with Crippen LogP contribution in [0.2, 0.25) is 0 Å². The minimum atomic E-state index is 0.178. The fraction of sp³-hybridized carbons (Fsp3) is 0.143. The van der Waals surface area contributed by atoms with E-state index in [0.717, 1.165) is 0 Å². The third-order valence-electron chi connectivity index (χ3n) is 1.60. The second-order valence-corrected chi connectivity index (χ2v) is 2.49. The molecule has 0 aliphatic rings. The molecule has 0 radical (unpaired) electrons. The average Bonchev–Trinajstić information content (AvgIpc) is 2.65. The molecular weight excluding hydrogens is 184 g/mol. The van der Waals surface area contributed by atoms with E-state index in [0.29, 0.717) is 17.4 Å². The number of H-pyrrole nitrogens is 1. The number of nitrogen functional groups attached to an aromatic ring is 1. The predicted octanol–water partition coefficient (Wildman–Crippen LogP) is -0.148. The zero-order valence-corrected chi connectivity index (χ0v) is 7.43. The molecule has 3 N–H and O–H groups in total. The van der Waals surface area contributed by atoms with Gasteiger partial charge in [0, 0.05) is 6.07 Å². The van der Waals surface area contributed by atoms with E-state index in [1.165, 1.54) is 13.4 Å². The van der Waals surface area contributed by atoms with E-state index in [2.05, 4.69) is 25.1 Å². The monoisotopic (exact) mass is 192 g/mol. The summed E-state index contributed by atoms with van der Waals surface area (Å²) in [5.41, 5.74) is 5.94. The molecule has 2 heterocycles. The van der Waals surface area contributed by atoms with Crippen LogP contribution in [0.5, 0.6) is 5.88 Å². The van der Waals surface area contributed by atoms with Gasteiger partial charge >= 0.3 is 0 Å². The summed E-state index contributed by atoms with van der Waals surface area (Å²) in [5.74, 6) is 1.13. The maximum Gasteiger partial charge on any atom is 0.239 e. The van der Waals surface area contributed by atoms with Gasteiger partial charge in [0.15, 0.2) is 5.82 Å². The molecule has 0 atom stereocenters. The number of anilines is 1. The van der Waals surface area contributed by atoms with Gasteiger partial charge in [0.2, 0.25) is 11.8 Å². The number of nitrogens with zero attached hydrogens (tertiary/aromatic N) is 4. The van der Waals surface area contributed by atoms with Crippen molar-refractivity contribution < 1.29 is 4.74 Å². The fourth-order valence-corrected chi connectivity index (χ4v) is 0.970. The van der Waals surface area contributed by atoms with Crippen molar-refractivity contribution in [2.24, 2.45) is 0 Å². The number of methoxy groups -OCH3 is 1. The molecule has 2 aromatic rings. The smallest absolute Gasteiger partial charge is 0.239 e. The van der Waals surface area contributed by atoms with Gasteiger partial charge in [-0.05, 0) is 0 Å². The molecule has 0 saturated carbocycles. The number of nitrogens with one attached hydrogen (secondary N) is 1. The molecule has 0 amide bonds. The number of hydrogen-bond acceptors (Lipinski definition) is 6. The molecule has 0 saturated heterocycles. The highest BCUT2D eigenvalue weighted by molar-refractivity contribution is 5.50. The zero-order chi connectivity index (χ0) is 9.97. The fourth-order valence-electron chi connectivity index (χ4n) is 0.970. The Morgan fingerprint density at radius 1 is 1.43 bits per heavy atom. The quantitative estimate of drug-likeness (QED) is 0.686. The van der Waals surface area contributed by atoms with Gasteiger partial charge in [-0.1, -0.05) is 0 Å². The van der Waals surface area contributed by atoms with Crippen LogP contribution in [0.1, 0.15) is 0 Å². The lowest BCUT2D eigenvalue weighted by atomic mass is 10.4. The van der Waals surface area contributed by atoms with E-state index < -0.39 is 0 Å². The summed E-state index contributed by atoms with van der Waals surface area (Å²) in [6.07, 6.45) is 1.38. The lowest BCUT2D eigenvalue weighted by Gasteiger charge is -1.98. The topological polar surface area (TPSA) is 103 Å². The van der Waals surface area contributed by atoms with Crippen LogP contribution in [-0.2, 0) is 0 Å². The third-order valence-corrected chi connectivity index (χ3v) is 1.60. The third kappa shape index (κ3) is 1.47. The number of hydrogen-bond donors (Lipinski definition) is 2. The molecule has 72 valence electrons. The van der Waals surface area contributed by atoms with Crippen molar-refractivity contribution >= 4 is 5.95 Å². The molecule has 0 bridgehead atoms. The first-order valence-corrected chi connectivity index (χ1v) is 3.84. The Hall–Kier alpha value is -2.18. The summed E-state index contributed by atoms with van der Waals surface area (Å²) in [6, 6.07) is 1.64. The van der Waals surface area contributed by atoms with E-state index in [4.69, 9.17) is 10.5 Å². The van der Waals surface area contributed by atoms with Gasteiger partial charge < -0.3 is 10.5 Å². The van der Waals surface area contributed by atoms with E-state index in [1.807, 2.05) is 0 Å². The Balaban J connectivity index is 2.41. The van der Waals surface area contributed by atoms with Crippen LogP contribution in [0.3, 0.4) is 0 Å². The molecule has 0 aromatic carbocycles. The first-order chi connectivity index (χ1) is 6.79. The second kappa shape index (κ2) is 3.29. The predicted molar refractivity (Wildman–Crippen MR) is 48.4 cm³/mol. The summed E-state index contributed by atoms with van der Waals surface area (Å²) in [6.45, 7) is 0. The van der Waals surface area contributed by atoms with Crippen molar-refractivity contribution in [2.75, 3.05) is 12.8 Å². The lowest BCUT2D eigenvalue weighted by molar-refractivity contribution is 0.397. The molecule has 7 nitrogen and oxygen atoms in total. The van der Waals surface area contributed by atoms with E-state index in [-0.39, 0.29) is 5.95 Å². The average molecular weight is 192 g/mol. The molecule has 7 heteroatoms. The first kappa shape index (κ1) is 8.42. The van der Waals surface area contributed by atoms with Gasteiger partial charge in [-0.2, -0.15) is 4.98 Å². The molecule has 0 unspecified atom stereocenters. The first-order valence-electron chi connectivity index (χ1n) is 3.84. The minimum Gasteiger partial charge on any atom is -0.481 e. The Labute approximate surface area is 79.4 Å². The van der Waals surface area contributed by atoms with Crippen molar-refractivity contribution in [3.05, 3.63) is 12.4 Å². The van der Waals surface area contributed by atoms with Crippen molar-refractivity contribution in [1.29, 1.82) is 0 Å². The van der Waals surface area contributed by atoms with Crippen molar-refractivity contribution in [3.63, 3.8) is 0 Å². The maximum atomic E-state index is 5.36. The normalized spacial score (nSPS) is 10.1. The van der Waals surface area contributed by atoms with E-state index in [9.17, 15) is 0 Å². The van der Waals surface area contributed by atoms with Crippen LogP contribution in [0.25, 0.3) is 11.5 Å². The minimum absolute atomic E-state index is 0.178. The lowest BCUT2D eigenvalue weighted by Crippen LogP contribution is -1.92. The SMILES string of the molecule is COc1cc(-c2nc(N)n[nH]2)ncn1. The van der Waals surface area contributed by atoms with Crippen molar-refractivity contribution in [1.82, 2.24) is 25.1 Å². The van der Waals surface area contributed by atoms with Gasteiger partial charge in [-0.25, -0.2) is 9.97 Å². The molecule has 0 aliphatic carbocycles. The molecule has 2 aromatic heterocycles. The van der Waals surface area contributed by atoms with Crippen molar-refractivity contribution in [3.8, 4) is 17.4 Å². The van der Waals surface area contributed by atoms with Gasteiger partial charge in [0.1, 0.15) is 12.0 Å². The second-order valence-electron chi connectivity index (χ2n) is 2.49. The van der Waals surface area contributed by atoms with Crippen LogP contribution in [0.15, 0.2) is 12.4 Å². The molecule has 0 aliphatic heterocycles. The molecular formula is C7H8N6O. The van der Waals surface area contributed by atoms with Crippen LogP contribution < -0.4 is 10.5 Å². The summed E-state index contributed by atoms with van der Waals surface area (Å²) in [4.78, 5) is 11.8. The summed E-state index contributed by atoms with van der Waals surface area (Å²) < 4.78 is 4.94. The summed E-state index contributed by atoms with van der Waals surface area (Å²) in [5, 5.41) is 6.33. The zero-order valence-electron chi connectivity index (χ0n) is 7.43. The van der Waals surface area contributed by atoms with Crippen LogP contribution in [0, 0.1) is 0 Å². The Morgan fingerprint density at radius 3 is 2.93 bits per heavy atom. The van der Waals surface area contributed by atoms with Gasteiger partial charge in [0.05, 0.1) is 7.11 Å². The number of aromatic nitrogens is 5. The summed E-state index contributed by atoms with van der Waals surface area (Å²) >= 11 is 0. The Morgan fingerprint density at radius 2 is 2.29 bits per heavy atom.